The van der Waals surface area contributed by atoms with E-state index < -0.39 is 29.8 Å². The molecule has 1 aliphatic heterocycles. The van der Waals surface area contributed by atoms with Gasteiger partial charge < -0.3 is 15.5 Å². The normalized spacial score (nSPS) is 23.8. The molecule has 220 valence electrons. The number of unbranched alkanes of at least 4 members (excludes halogenated alkanes) is 4. The van der Waals surface area contributed by atoms with E-state index in [1.54, 1.807) is 19.0 Å². The van der Waals surface area contributed by atoms with Crippen molar-refractivity contribution in [3.63, 3.8) is 0 Å². The smallest absolute Gasteiger partial charge is 0.268 e. The van der Waals surface area contributed by atoms with Crippen molar-refractivity contribution in [1.82, 2.24) is 20.6 Å². The van der Waals surface area contributed by atoms with E-state index in [4.69, 9.17) is 4.84 Å². The number of hydrogen-bond donors (Lipinski definition) is 2. The zero-order chi connectivity index (χ0) is 28.7. The minimum absolute atomic E-state index is 0.0544. The Morgan fingerprint density at radius 2 is 1.58 bits per heavy atom. The Labute approximate surface area is 230 Å². The van der Waals surface area contributed by atoms with Gasteiger partial charge in [0.25, 0.3) is 5.91 Å². The molecule has 1 aliphatic rings. The van der Waals surface area contributed by atoms with E-state index in [0.717, 1.165) is 50.0 Å². The lowest BCUT2D eigenvalue weighted by atomic mass is 9.89. The molecule has 1 rings (SSSR count). The van der Waals surface area contributed by atoms with Crippen molar-refractivity contribution in [2.24, 2.45) is 17.8 Å². The number of amides is 4. The van der Waals surface area contributed by atoms with Crippen LogP contribution in [-0.4, -0.2) is 73.9 Å². The molecule has 0 bridgehead atoms. The van der Waals surface area contributed by atoms with Gasteiger partial charge in [-0.3, -0.25) is 24.0 Å². The van der Waals surface area contributed by atoms with E-state index in [-0.39, 0.29) is 30.1 Å². The molecule has 0 aromatic heterocycles. The molecule has 1 saturated heterocycles. The van der Waals surface area contributed by atoms with E-state index in [2.05, 4.69) is 17.6 Å². The lowest BCUT2D eigenvalue weighted by Gasteiger charge is -2.30. The van der Waals surface area contributed by atoms with Crippen molar-refractivity contribution < 1.29 is 24.0 Å². The number of hydroxylamine groups is 2. The monoisotopic (exact) mass is 538 g/mol. The van der Waals surface area contributed by atoms with Gasteiger partial charge in [-0.1, -0.05) is 72.1 Å². The van der Waals surface area contributed by atoms with Gasteiger partial charge in [0.2, 0.25) is 17.7 Å². The SMILES string of the molecule is CCCCCCCC1CCCCCC(C(=O)N(C)C)C[C@H](C(=O)N(C)OC)NC(=O)[C@H](CC(C)C)NC1=O. The Balaban J connectivity index is 3.24. The van der Waals surface area contributed by atoms with Crippen LogP contribution in [0.25, 0.3) is 0 Å². The van der Waals surface area contributed by atoms with E-state index in [1.807, 2.05) is 13.8 Å². The summed E-state index contributed by atoms with van der Waals surface area (Å²) in [5, 5.41) is 6.98. The third kappa shape index (κ3) is 12.1. The number of rotatable bonds is 11. The summed E-state index contributed by atoms with van der Waals surface area (Å²) in [7, 11) is 6.30. The molecule has 4 amide bonds. The fourth-order valence-electron chi connectivity index (χ4n) is 5.15. The third-order valence-corrected chi connectivity index (χ3v) is 7.48. The summed E-state index contributed by atoms with van der Waals surface area (Å²) in [6, 6.07) is -1.69. The number of carbonyl (C=O) groups is 4. The van der Waals surface area contributed by atoms with Gasteiger partial charge in [-0.05, 0) is 38.0 Å². The third-order valence-electron chi connectivity index (χ3n) is 7.48. The minimum Gasteiger partial charge on any atom is -0.349 e. The topological polar surface area (TPSA) is 108 Å². The molecule has 0 saturated carbocycles. The van der Waals surface area contributed by atoms with Gasteiger partial charge in [-0.2, -0.15) is 0 Å². The van der Waals surface area contributed by atoms with Crippen LogP contribution in [0.3, 0.4) is 0 Å². The quantitative estimate of drug-likeness (QED) is 0.305. The van der Waals surface area contributed by atoms with E-state index in [9.17, 15) is 19.2 Å². The van der Waals surface area contributed by atoms with Crippen LogP contribution in [-0.2, 0) is 24.0 Å². The fourth-order valence-corrected chi connectivity index (χ4v) is 5.15. The first-order chi connectivity index (χ1) is 18.0. The highest BCUT2D eigenvalue weighted by atomic mass is 16.7. The molecule has 0 aromatic carbocycles. The van der Waals surface area contributed by atoms with Crippen molar-refractivity contribution >= 4 is 23.6 Å². The molecule has 0 spiro atoms. The average Bonchev–Trinajstić information content (AvgIpc) is 2.87. The molecule has 0 radical (unpaired) electrons. The molecule has 38 heavy (non-hydrogen) atoms. The van der Waals surface area contributed by atoms with Crippen LogP contribution in [0.5, 0.6) is 0 Å². The largest absolute Gasteiger partial charge is 0.349 e. The highest BCUT2D eigenvalue weighted by Crippen LogP contribution is 2.24. The molecule has 0 aliphatic carbocycles. The molecule has 1 fully saturated rings. The summed E-state index contributed by atoms with van der Waals surface area (Å²) in [5.41, 5.74) is 0. The standard InChI is InChI=1S/C29H54N4O5/c1-8-9-10-11-13-16-22-17-14-12-15-18-23(28(36)32(4)5)20-25(29(37)33(6)38-7)31-27(35)24(19-21(2)3)30-26(22)34/h21-25H,8-20H2,1-7H3,(H,30,34)(H,31,35)/t22?,23?,24-,25+/m0/s1. The molecule has 0 aromatic rings. The molecular weight excluding hydrogens is 484 g/mol. The minimum atomic E-state index is -0.940. The van der Waals surface area contributed by atoms with Crippen LogP contribution in [0.1, 0.15) is 104 Å². The molecule has 2 unspecified atom stereocenters. The van der Waals surface area contributed by atoms with Gasteiger partial charge in [0.15, 0.2) is 0 Å². The number of nitrogens with zero attached hydrogens (tertiary/aromatic N) is 2. The van der Waals surface area contributed by atoms with Crippen molar-refractivity contribution in [1.29, 1.82) is 0 Å². The number of carbonyl (C=O) groups excluding carboxylic acids is 4. The Morgan fingerprint density at radius 1 is 0.921 bits per heavy atom. The van der Waals surface area contributed by atoms with Crippen molar-refractivity contribution in [3.8, 4) is 0 Å². The van der Waals surface area contributed by atoms with Gasteiger partial charge in [-0.15, -0.1) is 0 Å². The maximum absolute atomic E-state index is 13.5. The molecular formula is C29H54N4O5. The molecule has 4 atom stereocenters. The van der Waals surface area contributed by atoms with Crippen LogP contribution in [0.2, 0.25) is 0 Å². The first-order valence-electron chi connectivity index (χ1n) is 14.6. The predicted molar refractivity (Wildman–Crippen MR) is 150 cm³/mol. The first kappa shape index (κ1) is 33.9. The van der Waals surface area contributed by atoms with Gasteiger partial charge in [0.1, 0.15) is 12.1 Å². The van der Waals surface area contributed by atoms with Gasteiger partial charge in [0.05, 0.1) is 7.11 Å². The summed E-state index contributed by atoms with van der Waals surface area (Å²) in [5.74, 6) is -1.33. The number of hydrogen-bond acceptors (Lipinski definition) is 5. The average molecular weight is 539 g/mol. The predicted octanol–water partition coefficient (Wildman–Crippen LogP) is 4.06. The Morgan fingerprint density at radius 3 is 2.18 bits per heavy atom. The van der Waals surface area contributed by atoms with Crippen molar-refractivity contribution in [3.05, 3.63) is 0 Å². The summed E-state index contributed by atoms with van der Waals surface area (Å²) in [4.78, 5) is 59.7. The maximum Gasteiger partial charge on any atom is 0.268 e. The van der Waals surface area contributed by atoms with Crippen LogP contribution >= 0.6 is 0 Å². The zero-order valence-corrected chi connectivity index (χ0v) is 25.0. The van der Waals surface area contributed by atoms with Gasteiger partial charge in [-0.25, -0.2) is 5.06 Å². The Hall–Kier alpha value is -2.16. The summed E-state index contributed by atoms with van der Waals surface area (Å²) >= 11 is 0. The Kier molecular flexibility index (Phi) is 16.2. The summed E-state index contributed by atoms with van der Waals surface area (Å²) in [6.07, 6.45) is 11.1. The van der Waals surface area contributed by atoms with Crippen LogP contribution in [0, 0.1) is 17.8 Å². The second-order valence-corrected chi connectivity index (χ2v) is 11.5. The maximum atomic E-state index is 13.5. The van der Waals surface area contributed by atoms with E-state index >= 15 is 0 Å². The van der Waals surface area contributed by atoms with Gasteiger partial charge >= 0.3 is 0 Å². The van der Waals surface area contributed by atoms with Crippen molar-refractivity contribution in [2.75, 3.05) is 28.3 Å². The van der Waals surface area contributed by atoms with E-state index in [1.165, 1.54) is 33.4 Å². The lowest BCUT2D eigenvalue weighted by molar-refractivity contribution is -0.172. The fraction of sp³-hybridized carbons (Fsp3) is 0.862. The van der Waals surface area contributed by atoms with Crippen molar-refractivity contribution in [2.45, 2.75) is 116 Å². The van der Waals surface area contributed by atoms with Crippen LogP contribution < -0.4 is 10.6 Å². The second kappa shape index (κ2) is 18.2. The highest BCUT2D eigenvalue weighted by Gasteiger charge is 2.34. The molecule has 1 heterocycles. The molecule has 9 heteroatoms. The Bertz CT molecular complexity index is 742. The molecule has 9 nitrogen and oxygen atoms in total. The summed E-state index contributed by atoms with van der Waals surface area (Å²) in [6.45, 7) is 6.19. The molecule has 2 N–H and O–H groups in total. The summed E-state index contributed by atoms with van der Waals surface area (Å²) < 4.78 is 0. The van der Waals surface area contributed by atoms with Crippen LogP contribution in [0.15, 0.2) is 0 Å². The van der Waals surface area contributed by atoms with E-state index in [0.29, 0.717) is 12.8 Å². The first-order valence-corrected chi connectivity index (χ1v) is 14.6. The number of nitrogens with one attached hydrogen (secondary N) is 2. The van der Waals surface area contributed by atoms with Crippen LogP contribution in [0.4, 0.5) is 0 Å². The lowest BCUT2D eigenvalue weighted by Crippen LogP contribution is -2.55. The second-order valence-electron chi connectivity index (χ2n) is 11.5. The van der Waals surface area contributed by atoms with Gasteiger partial charge in [0, 0.05) is 33.0 Å². The highest BCUT2D eigenvalue weighted by molar-refractivity contribution is 5.92. The zero-order valence-electron chi connectivity index (χ0n) is 25.0. The number of likely N-dealkylation sites (N-methyl/N-ethyl adjacent to an activating group) is 1.